The van der Waals surface area contributed by atoms with Crippen molar-refractivity contribution < 1.29 is 19.1 Å². The Morgan fingerprint density at radius 2 is 1.72 bits per heavy atom. The minimum Gasteiger partial charge on any atom is -0.497 e. The maximum Gasteiger partial charge on any atom is 0.317 e. The lowest BCUT2D eigenvalue weighted by Crippen LogP contribution is -2.49. The topological polar surface area (TPSA) is 79.9 Å². The molecule has 0 spiro atoms. The number of hydrogen-bond acceptors (Lipinski definition) is 4. The fraction of sp³-hybridized carbons (Fsp3) is 0.556. The number of piperidine rings is 1. The Hall–Kier alpha value is -2.44. The van der Waals surface area contributed by atoms with E-state index < -0.39 is 0 Å². The highest BCUT2D eigenvalue weighted by Crippen LogP contribution is 2.23. The van der Waals surface area contributed by atoms with Crippen molar-refractivity contribution in [3.8, 4) is 11.5 Å². The van der Waals surface area contributed by atoms with Crippen molar-refractivity contribution in [2.24, 2.45) is 0 Å². The molecule has 0 aliphatic carbocycles. The third-order valence-electron chi connectivity index (χ3n) is 4.26. The van der Waals surface area contributed by atoms with Gasteiger partial charge in [-0.3, -0.25) is 4.79 Å². The maximum absolute atomic E-state index is 12.5. The van der Waals surface area contributed by atoms with Crippen LogP contribution in [0.4, 0.5) is 4.79 Å². The van der Waals surface area contributed by atoms with Crippen LogP contribution >= 0.6 is 0 Å². The second-order valence-corrected chi connectivity index (χ2v) is 6.07. The number of carbonyl (C=O) groups excluding carboxylic acids is 2. The molecule has 1 aromatic carbocycles. The van der Waals surface area contributed by atoms with E-state index in [-0.39, 0.29) is 18.0 Å². The van der Waals surface area contributed by atoms with Gasteiger partial charge in [-0.2, -0.15) is 0 Å². The third-order valence-corrected chi connectivity index (χ3v) is 4.26. The van der Waals surface area contributed by atoms with Crippen LogP contribution in [-0.4, -0.2) is 56.7 Å². The Balaban J connectivity index is 1.89. The molecule has 1 heterocycles. The van der Waals surface area contributed by atoms with Crippen molar-refractivity contribution in [2.45, 2.75) is 32.2 Å². The van der Waals surface area contributed by atoms with E-state index in [4.69, 9.17) is 9.47 Å². The fourth-order valence-electron chi connectivity index (χ4n) is 2.78. The highest BCUT2D eigenvalue weighted by atomic mass is 16.5. The molecule has 7 heteroatoms. The summed E-state index contributed by atoms with van der Waals surface area (Å²) in [5, 5.41) is 5.91. The van der Waals surface area contributed by atoms with Gasteiger partial charge in [0.15, 0.2) is 0 Å². The first kappa shape index (κ1) is 18.9. The van der Waals surface area contributed by atoms with E-state index in [0.29, 0.717) is 36.7 Å². The molecule has 0 unspecified atom stereocenters. The van der Waals surface area contributed by atoms with Gasteiger partial charge in [0.2, 0.25) is 0 Å². The van der Waals surface area contributed by atoms with Gasteiger partial charge in [0.1, 0.15) is 11.5 Å². The summed E-state index contributed by atoms with van der Waals surface area (Å²) in [5.41, 5.74) is 0.499. The average Bonchev–Trinajstić information content (AvgIpc) is 2.66. The fourth-order valence-corrected chi connectivity index (χ4v) is 2.78. The van der Waals surface area contributed by atoms with Crippen LogP contribution in [0.2, 0.25) is 0 Å². The zero-order valence-electron chi connectivity index (χ0n) is 15.1. The predicted molar refractivity (Wildman–Crippen MR) is 95.3 cm³/mol. The lowest BCUT2D eigenvalue weighted by molar-refractivity contribution is 0.0917. The van der Waals surface area contributed by atoms with E-state index in [1.54, 1.807) is 37.3 Å². The van der Waals surface area contributed by atoms with Crippen molar-refractivity contribution in [3.63, 3.8) is 0 Å². The molecule has 0 radical (unpaired) electrons. The summed E-state index contributed by atoms with van der Waals surface area (Å²) in [7, 11) is 3.10. The first-order valence-electron chi connectivity index (χ1n) is 8.64. The molecule has 1 aliphatic rings. The molecule has 138 valence electrons. The van der Waals surface area contributed by atoms with Gasteiger partial charge in [-0.1, -0.05) is 6.92 Å². The van der Waals surface area contributed by atoms with Gasteiger partial charge in [0.25, 0.3) is 5.91 Å². The van der Waals surface area contributed by atoms with Crippen LogP contribution in [0.25, 0.3) is 0 Å². The molecule has 1 fully saturated rings. The Morgan fingerprint density at radius 1 is 1.12 bits per heavy atom. The van der Waals surface area contributed by atoms with Crippen LogP contribution in [0.3, 0.4) is 0 Å². The number of amides is 3. The molecule has 1 aromatic rings. The molecule has 1 saturated heterocycles. The maximum atomic E-state index is 12.5. The van der Waals surface area contributed by atoms with Crippen molar-refractivity contribution in [1.82, 2.24) is 15.5 Å². The Kier molecular flexibility index (Phi) is 6.91. The standard InChI is InChI=1S/C18H27N3O4/c1-4-7-19-18(23)21-8-5-14(6-9-21)20-17(22)13-10-15(24-2)12-16(11-13)25-3/h10-12,14H,4-9H2,1-3H3,(H,19,23)(H,20,22). The van der Waals surface area contributed by atoms with Gasteiger partial charge in [-0.15, -0.1) is 0 Å². The number of methoxy groups -OCH3 is 2. The van der Waals surface area contributed by atoms with Crippen molar-refractivity contribution in [3.05, 3.63) is 23.8 Å². The summed E-state index contributed by atoms with van der Waals surface area (Å²) >= 11 is 0. The number of hydrogen-bond donors (Lipinski definition) is 2. The Morgan fingerprint density at radius 3 is 2.24 bits per heavy atom. The van der Waals surface area contributed by atoms with Gasteiger partial charge in [0, 0.05) is 37.3 Å². The summed E-state index contributed by atoms with van der Waals surface area (Å²) < 4.78 is 10.4. The number of nitrogens with one attached hydrogen (secondary N) is 2. The van der Waals surface area contributed by atoms with E-state index >= 15 is 0 Å². The molecule has 2 N–H and O–H groups in total. The second-order valence-electron chi connectivity index (χ2n) is 6.07. The van der Waals surface area contributed by atoms with Gasteiger partial charge in [0.05, 0.1) is 14.2 Å². The summed E-state index contributed by atoms with van der Waals surface area (Å²) in [5.74, 6) is 0.991. The molecule has 0 atom stereocenters. The van der Waals surface area contributed by atoms with Gasteiger partial charge >= 0.3 is 6.03 Å². The normalized spacial score (nSPS) is 14.8. The smallest absolute Gasteiger partial charge is 0.317 e. The van der Waals surface area contributed by atoms with Crippen LogP contribution < -0.4 is 20.1 Å². The van der Waals surface area contributed by atoms with E-state index in [0.717, 1.165) is 19.3 Å². The zero-order valence-corrected chi connectivity index (χ0v) is 15.1. The number of ether oxygens (including phenoxy) is 2. The SMILES string of the molecule is CCCNC(=O)N1CCC(NC(=O)c2cc(OC)cc(OC)c2)CC1. The van der Waals surface area contributed by atoms with Crippen LogP contribution in [0.1, 0.15) is 36.5 Å². The number of urea groups is 1. The second kappa shape index (κ2) is 9.15. The van der Waals surface area contributed by atoms with E-state index in [1.807, 2.05) is 6.92 Å². The monoisotopic (exact) mass is 349 g/mol. The summed E-state index contributed by atoms with van der Waals surface area (Å²) in [6.07, 6.45) is 2.40. The van der Waals surface area contributed by atoms with Crippen molar-refractivity contribution >= 4 is 11.9 Å². The van der Waals surface area contributed by atoms with Gasteiger partial charge in [-0.05, 0) is 31.4 Å². The minimum absolute atomic E-state index is 0.0239. The van der Waals surface area contributed by atoms with E-state index in [2.05, 4.69) is 10.6 Å². The summed E-state index contributed by atoms with van der Waals surface area (Å²) in [6.45, 7) is 3.99. The number of likely N-dealkylation sites (tertiary alicyclic amines) is 1. The van der Waals surface area contributed by atoms with Crippen LogP contribution in [-0.2, 0) is 0 Å². The Bertz CT molecular complexity index is 576. The quantitative estimate of drug-likeness (QED) is 0.823. The molecule has 0 aromatic heterocycles. The highest BCUT2D eigenvalue weighted by molar-refractivity contribution is 5.95. The molecule has 0 bridgehead atoms. The number of carbonyl (C=O) groups is 2. The zero-order chi connectivity index (χ0) is 18.2. The summed E-state index contributed by atoms with van der Waals surface area (Å²) in [4.78, 5) is 26.2. The number of benzene rings is 1. The molecule has 0 saturated carbocycles. The summed E-state index contributed by atoms with van der Waals surface area (Å²) in [6, 6.07) is 5.13. The van der Waals surface area contributed by atoms with E-state index in [1.165, 1.54) is 0 Å². The molecular formula is C18H27N3O4. The van der Waals surface area contributed by atoms with Crippen LogP contribution in [0, 0.1) is 0 Å². The largest absolute Gasteiger partial charge is 0.497 e. The lowest BCUT2D eigenvalue weighted by Gasteiger charge is -2.32. The third kappa shape index (κ3) is 5.27. The van der Waals surface area contributed by atoms with Gasteiger partial charge in [-0.25, -0.2) is 4.79 Å². The molecule has 2 rings (SSSR count). The molecule has 1 aliphatic heterocycles. The predicted octanol–water partition coefficient (Wildman–Crippen LogP) is 2.02. The van der Waals surface area contributed by atoms with Crippen molar-refractivity contribution in [2.75, 3.05) is 33.9 Å². The lowest BCUT2D eigenvalue weighted by atomic mass is 10.0. The first-order chi connectivity index (χ1) is 12.1. The van der Waals surface area contributed by atoms with Crippen molar-refractivity contribution in [1.29, 1.82) is 0 Å². The highest BCUT2D eigenvalue weighted by Gasteiger charge is 2.24. The Labute approximate surface area is 148 Å². The molecule has 7 nitrogen and oxygen atoms in total. The number of nitrogens with zero attached hydrogens (tertiary/aromatic N) is 1. The van der Waals surface area contributed by atoms with E-state index in [9.17, 15) is 9.59 Å². The molecule has 25 heavy (non-hydrogen) atoms. The van der Waals surface area contributed by atoms with Crippen LogP contribution in [0.15, 0.2) is 18.2 Å². The average molecular weight is 349 g/mol. The van der Waals surface area contributed by atoms with Gasteiger partial charge < -0.3 is 25.0 Å². The van der Waals surface area contributed by atoms with Crippen LogP contribution in [0.5, 0.6) is 11.5 Å². The molecule has 3 amide bonds. The first-order valence-corrected chi connectivity index (χ1v) is 8.64. The number of rotatable bonds is 6. The molecular weight excluding hydrogens is 322 g/mol. The minimum atomic E-state index is -0.161.